The molecule has 0 aromatic carbocycles. The van der Waals surface area contributed by atoms with Gasteiger partial charge in [0.15, 0.2) is 5.69 Å². The molecule has 1 saturated heterocycles. The minimum atomic E-state index is -1.16. The molecule has 2 atom stereocenters. The summed E-state index contributed by atoms with van der Waals surface area (Å²) in [6, 6.07) is -0.502. The van der Waals surface area contributed by atoms with Crippen LogP contribution in [0.3, 0.4) is 0 Å². The maximum absolute atomic E-state index is 13.5. The average Bonchev–Trinajstić information content (AvgIpc) is 2.79. The maximum Gasteiger partial charge on any atom is 0.407 e. The number of alkyl carbamates (subject to hydrolysis) is 1. The molecule has 9 heteroatoms. The van der Waals surface area contributed by atoms with E-state index in [0.29, 0.717) is 13.0 Å². The molecule has 3 N–H and O–H groups in total. The number of quaternary nitrogens is 1. The van der Waals surface area contributed by atoms with E-state index in [4.69, 9.17) is 14.3 Å². The molecular weight excluding hydrogens is 331 g/mol. The molecule has 25 heavy (non-hydrogen) atoms. The van der Waals surface area contributed by atoms with Gasteiger partial charge in [-0.25, -0.2) is 14.0 Å². The van der Waals surface area contributed by atoms with Crippen LogP contribution in [0.5, 0.6) is 0 Å². The Morgan fingerprint density at radius 2 is 2.24 bits per heavy atom. The predicted octanol–water partition coefficient (Wildman–Crippen LogP) is 1.20. The lowest BCUT2D eigenvalue weighted by molar-refractivity contribution is -0.830. The van der Waals surface area contributed by atoms with E-state index >= 15 is 0 Å². The van der Waals surface area contributed by atoms with Crippen LogP contribution in [0.15, 0.2) is 12.4 Å². The van der Waals surface area contributed by atoms with Crippen LogP contribution < -0.4 is 10.8 Å². The monoisotopic (exact) mass is 361 g/mol. The van der Waals surface area contributed by atoms with Crippen molar-refractivity contribution in [3.05, 3.63) is 12.4 Å². The van der Waals surface area contributed by atoms with E-state index in [1.165, 1.54) is 0 Å². The first-order chi connectivity index (χ1) is 11.7. The van der Waals surface area contributed by atoms with Crippen molar-refractivity contribution in [1.29, 1.82) is 0 Å². The number of carbonyl (C=O) groups is 1. The molecular formula is C16H30FN4O4+. The Bertz CT molecular complexity index is 518. The molecule has 1 unspecified atom stereocenters. The van der Waals surface area contributed by atoms with E-state index in [1.54, 1.807) is 44.2 Å². The second kappa shape index (κ2) is 10.3. The molecule has 8 nitrogen and oxygen atoms in total. The van der Waals surface area contributed by atoms with Crippen molar-refractivity contribution in [2.75, 3.05) is 20.3 Å². The van der Waals surface area contributed by atoms with E-state index in [-0.39, 0.29) is 6.61 Å². The normalized spacial score (nSPS) is 20.9. The molecule has 1 aromatic heterocycles. The topological polar surface area (TPSA) is 91.2 Å². The number of nitrogens with zero attached hydrogens (tertiary/aromatic N) is 2. The quantitative estimate of drug-likeness (QED) is 0.790. The lowest BCUT2D eigenvalue weighted by atomic mass is 10.1. The van der Waals surface area contributed by atoms with Crippen molar-refractivity contribution in [2.24, 2.45) is 7.05 Å². The van der Waals surface area contributed by atoms with Gasteiger partial charge in [0, 0.05) is 13.7 Å². The second-order valence-electron chi connectivity index (χ2n) is 6.79. The largest absolute Gasteiger partial charge is 0.444 e. The minimum Gasteiger partial charge on any atom is -0.444 e. The molecule has 2 rings (SSSR count). The summed E-state index contributed by atoms with van der Waals surface area (Å²) >= 11 is 0. The highest BCUT2D eigenvalue weighted by molar-refractivity contribution is 5.68. The highest BCUT2D eigenvalue weighted by atomic mass is 19.1. The number of nitrogens with one attached hydrogen (secondary N) is 1. The van der Waals surface area contributed by atoms with Crippen LogP contribution >= 0.6 is 0 Å². The fraction of sp³-hybridized carbons (Fsp3) is 0.750. The van der Waals surface area contributed by atoms with Gasteiger partial charge in [0.1, 0.15) is 18.0 Å². The number of aromatic nitrogens is 2. The summed E-state index contributed by atoms with van der Waals surface area (Å²) in [5, 5.41) is 6.49. The van der Waals surface area contributed by atoms with Crippen molar-refractivity contribution in [3.63, 3.8) is 0 Å². The standard InChI is InChI=1S/C11H20FNO3.C5H9N3O/c1-11(2,3)16-10(14)13-9-5-4-6-15-7-8(9)12;1-8-4-5(3-6-8)7-9-2/h8-9H,4-7H2,1-3H3,(H,13,14);3-4,7H,1-2H3/p+1/t8-,9?;/m1./s1. The third-order valence-corrected chi connectivity index (χ3v) is 3.20. The zero-order chi connectivity index (χ0) is 18.9. The summed E-state index contributed by atoms with van der Waals surface area (Å²) in [6.45, 7) is 5.91. The molecule has 1 amide bonds. The Morgan fingerprint density at radius 1 is 1.52 bits per heavy atom. The number of halogens is 1. The summed E-state index contributed by atoms with van der Waals surface area (Å²) < 4.78 is 25.4. The summed E-state index contributed by atoms with van der Waals surface area (Å²) in [7, 11) is 3.49. The van der Waals surface area contributed by atoms with Crippen LogP contribution in [0.4, 0.5) is 14.9 Å². The van der Waals surface area contributed by atoms with Crippen molar-refractivity contribution >= 4 is 11.8 Å². The zero-order valence-corrected chi connectivity index (χ0v) is 15.6. The van der Waals surface area contributed by atoms with Crippen LogP contribution in [-0.2, 0) is 21.4 Å². The van der Waals surface area contributed by atoms with Gasteiger partial charge in [-0.05, 0) is 33.6 Å². The average molecular weight is 361 g/mol. The number of carbonyl (C=O) groups excluding carboxylic acids is 1. The Balaban J connectivity index is 0.000000293. The van der Waals surface area contributed by atoms with Gasteiger partial charge in [0.2, 0.25) is 0 Å². The molecule has 0 bridgehead atoms. The van der Waals surface area contributed by atoms with E-state index < -0.39 is 23.9 Å². The van der Waals surface area contributed by atoms with E-state index in [2.05, 4.69) is 10.4 Å². The molecule has 1 aromatic rings. The summed E-state index contributed by atoms with van der Waals surface area (Å²) in [5.74, 6) is 0. The molecule has 0 aliphatic carbocycles. The van der Waals surface area contributed by atoms with Crippen LogP contribution in [0.2, 0.25) is 0 Å². The van der Waals surface area contributed by atoms with Crippen molar-refractivity contribution in [1.82, 2.24) is 15.1 Å². The molecule has 1 aliphatic rings. The van der Waals surface area contributed by atoms with E-state index in [0.717, 1.165) is 12.1 Å². The van der Waals surface area contributed by atoms with Gasteiger partial charge < -0.3 is 14.8 Å². The zero-order valence-electron chi connectivity index (χ0n) is 15.6. The highest BCUT2D eigenvalue weighted by Crippen LogP contribution is 2.13. The highest BCUT2D eigenvalue weighted by Gasteiger charge is 2.27. The first-order valence-electron chi connectivity index (χ1n) is 8.27. The molecule has 0 radical (unpaired) electrons. The maximum atomic E-state index is 13.5. The lowest BCUT2D eigenvalue weighted by Gasteiger charge is -2.24. The van der Waals surface area contributed by atoms with Crippen LogP contribution in [0, 0.1) is 0 Å². The van der Waals surface area contributed by atoms with Gasteiger partial charge in [-0.2, -0.15) is 10.6 Å². The van der Waals surface area contributed by atoms with E-state index in [9.17, 15) is 9.18 Å². The Labute approximate surface area is 148 Å². The fourth-order valence-electron chi connectivity index (χ4n) is 2.16. The van der Waals surface area contributed by atoms with Gasteiger partial charge in [-0.1, -0.05) is 0 Å². The molecule has 2 heterocycles. The Morgan fingerprint density at radius 3 is 2.80 bits per heavy atom. The van der Waals surface area contributed by atoms with Crippen LogP contribution in [-0.4, -0.2) is 54.0 Å². The molecule has 1 fully saturated rings. The molecule has 0 spiro atoms. The van der Waals surface area contributed by atoms with Crippen molar-refractivity contribution in [3.8, 4) is 0 Å². The Kier molecular flexibility index (Phi) is 8.81. The molecule has 0 saturated carbocycles. The van der Waals surface area contributed by atoms with Crippen molar-refractivity contribution in [2.45, 2.75) is 51.4 Å². The van der Waals surface area contributed by atoms with Crippen molar-refractivity contribution < 1.29 is 29.0 Å². The summed E-state index contributed by atoms with van der Waals surface area (Å²) in [4.78, 5) is 16.2. The number of hydrogen-bond donors (Lipinski definition) is 2. The number of rotatable bonds is 3. The SMILES string of the molecule is CC(C)(C)OC(=O)NC1CCCOC[C@H]1F.CO[NH2+]c1cnn(C)c1. The molecule has 1 aliphatic heterocycles. The number of ether oxygens (including phenoxy) is 2. The first kappa shape index (κ1) is 21.3. The fourth-order valence-corrected chi connectivity index (χ4v) is 2.16. The summed E-state index contributed by atoms with van der Waals surface area (Å²) in [6.07, 6.45) is 3.23. The number of alkyl halides is 1. The van der Waals surface area contributed by atoms with Gasteiger partial charge in [-0.15, -0.1) is 0 Å². The van der Waals surface area contributed by atoms with Gasteiger partial charge in [0.05, 0.1) is 26.0 Å². The van der Waals surface area contributed by atoms with Crippen LogP contribution in [0.1, 0.15) is 33.6 Å². The number of hydrogen-bond acceptors (Lipinski definition) is 5. The lowest BCUT2D eigenvalue weighted by Crippen LogP contribution is -2.75. The Hall–Kier alpha value is -1.71. The number of aryl methyl sites for hydroxylation is 1. The van der Waals surface area contributed by atoms with Gasteiger partial charge >= 0.3 is 6.09 Å². The van der Waals surface area contributed by atoms with Crippen LogP contribution in [0.25, 0.3) is 0 Å². The summed E-state index contributed by atoms with van der Waals surface area (Å²) in [5.41, 5.74) is 2.07. The molecule has 144 valence electrons. The third-order valence-electron chi connectivity index (χ3n) is 3.20. The second-order valence-corrected chi connectivity index (χ2v) is 6.79. The number of nitrogens with two attached hydrogens (primary N) is 1. The van der Waals surface area contributed by atoms with E-state index in [1.807, 2.05) is 13.2 Å². The first-order valence-corrected chi connectivity index (χ1v) is 8.27. The minimum absolute atomic E-state index is 0.0421. The smallest absolute Gasteiger partial charge is 0.407 e. The predicted molar refractivity (Wildman–Crippen MR) is 89.9 cm³/mol. The van der Waals surface area contributed by atoms with Gasteiger partial charge in [-0.3, -0.25) is 4.68 Å². The third kappa shape index (κ3) is 9.37. The van der Waals surface area contributed by atoms with Gasteiger partial charge in [0.25, 0.3) is 0 Å². The number of amides is 1.